The van der Waals surface area contributed by atoms with Crippen LogP contribution in [-0.4, -0.2) is 43.1 Å². The molecule has 166 valence electrons. The van der Waals surface area contributed by atoms with Crippen LogP contribution in [0.3, 0.4) is 0 Å². The van der Waals surface area contributed by atoms with Crippen LogP contribution < -0.4 is 19.7 Å². The average Bonchev–Trinajstić information content (AvgIpc) is 3.28. The summed E-state index contributed by atoms with van der Waals surface area (Å²) in [6.07, 6.45) is 10.9. The summed E-state index contributed by atoms with van der Waals surface area (Å²) in [5, 5.41) is 14.4. The van der Waals surface area contributed by atoms with Crippen LogP contribution in [0.15, 0.2) is 29.8 Å². The molecule has 2 aliphatic heterocycles. The SMILES string of the molecule is OC[C@@H]1CCCN(c2nc3cc4c(cc3cc2CNCCC2=CCCCC2)OCO4)C1. The van der Waals surface area contributed by atoms with Gasteiger partial charge in [-0.25, -0.2) is 4.98 Å². The molecule has 0 radical (unpaired) electrons. The molecule has 31 heavy (non-hydrogen) atoms. The molecule has 0 unspecified atom stereocenters. The van der Waals surface area contributed by atoms with Crippen molar-refractivity contribution in [3.8, 4) is 11.5 Å². The van der Waals surface area contributed by atoms with Gasteiger partial charge in [0, 0.05) is 43.3 Å². The number of rotatable bonds is 7. The first kappa shape index (κ1) is 20.6. The number of allylic oxidation sites excluding steroid dienone is 1. The monoisotopic (exact) mass is 423 g/mol. The zero-order chi connectivity index (χ0) is 21.0. The van der Waals surface area contributed by atoms with Gasteiger partial charge >= 0.3 is 0 Å². The molecule has 3 aliphatic rings. The molecule has 2 N–H and O–H groups in total. The van der Waals surface area contributed by atoms with E-state index in [1.807, 2.05) is 12.1 Å². The molecule has 2 aromatic rings. The number of fused-ring (bicyclic) bond motifs is 2. The van der Waals surface area contributed by atoms with Crippen LogP contribution in [-0.2, 0) is 6.54 Å². The summed E-state index contributed by atoms with van der Waals surface area (Å²) >= 11 is 0. The van der Waals surface area contributed by atoms with E-state index in [0.717, 1.165) is 73.7 Å². The molecule has 0 bridgehead atoms. The second kappa shape index (κ2) is 9.45. The zero-order valence-electron chi connectivity index (χ0n) is 18.2. The van der Waals surface area contributed by atoms with Crippen molar-refractivity contribution in [2.75, 3.05) is 37.9 Å². The lowest BCUT2D eigenvalue weighted by Crippen LogP contribution is -2.38. The topological polar surface area (TPSA) is 66.9 Å². The molecule has 3 heterocycles. The minimum absolute atomic E-state index is 0.242. The highest BCUT2D eigenvalue weighted by molar-refractivity contribution is 5.85. The predicted octanol–water partition coefficient (Wildman–Crippen LogP) is 4.15. The van der Waals surface area contributed by atoms with Crippen LogP contribution in [0.4, 0.5) is 5.82 Å². The molecule has 1 aromatic heterocycles. The van der Waals surface area contributed by atoms with Crippen LogP contribution in [0.5, 0.6) is 11.5 Å². The normalized spacial score (nSPS) is 20.9. The van der Waals surface area contributed by atoms with Crippen molar-refractivity contribution in [1.82, 2.24) is 10.3 Å². The van der Waals surface area contributed by atoms with E-state index in [4.69, 9.17) is 14.5 Å². The summed E-state index contributed by atoms with van der Waals surface area (Å²) in [5.41, 5.74) is 3.74. The Kier molecular flexibility index (Phi) is 6.27. The molecule has 1 aromatic carbocycles. The van der Waals surface area contributed by atoms with E-state index in [2.05, 4.69) is 22.4 Å². The summed E-state index contributed by atoms with van der Waals surface area (Å²) < 4.78 is 11.1. The number of aromatic nitrogens is 1. The van der Waals surface area contributed by atoms with Crippen molar-refractivity contribution >= 4 is 16.7 Å². The summed E-state index contributed by atoms with van der Waals surface area (Å²) in [6.45, 7) is 4.14. The molecule has 1 atom stereocenters. The Morgan fingerprint density at radius 2 is 2.03 bits per heavy atom. The lowest BCUT2D eigenvalue weighted by atomic mass is 9.97. The van der Waals surface area contributed by atoms with E-state index in [1.165, 1.54) is 31.2 Å². The van der Waals surface area contributed by atoms with Crippen molar-refractivity contribution in [3.05, 3.63) is 35.4 Å². The minimum atomic E-state index is 0.242. The Hall–Kier alpha value is -2.31. The van der Waals surface area contributed by atoms with Crippen LogP contribution in [0, 0.1) is 5.92 Å². The van der Waals surface area contributed by atoms with Gasteiger partial charge in [-0.15, -0.1) is 0 Å². The Morgan fingerprint density at radius 1 is 1.13 bits per heavy atom. The van der Waals surface area contributed by atoms with Crippen LogP contribution in [0.25, 0.3) is 10.9 Å². The number of pyridine rings is 1. The first-order chi connectivity index (χ1) is 15.3. The van der Waals surface area contributed by atoms with Gasteiger partial charge in [0.15, 0.2) is 11.5 Å². The summed E-state index contributed by atoms with van der Waals surface area (Å²) in [6, 6.07) is 6.27. The van der Waals surface area contributed by atoms with E-state index in [9.17, 15) is 5.11 Å². The number of hydrogen-bond acceptors (Lipinski definition) is 6. The quantitative estimate of drug-likeness (QED) is 0.515. The fourth-order valence-electron chi connectivity index (χ4n) is 5.01. The highest BCUT2D eigenvalue weighted by atomic mass is 16.7. The molecule has 6 nitrogen and oxygen atoms in total. The van der Waals surface area contributed by atoms with Crippen LogP contribution in [0.2, 0.25) is 0 Å². The van der Waals surface area contributed by atoms with E-state index < -0.39 is 0 Å². The maximum Gasteiger partial charge on any atom is 0.231 e. The molecular weight excluding hydrogens is 390 g/mol. The molecule has 0 amide bonds. The van der Waals surface area contributed by atoms with Gasteiger partial charge in [0.1, 0.15) is 5.82 Å². The molecule has 1 fully saturated rings. The minimum Gasteiger partial charge on any atom is -0.454 e. The largest absolute Gasteiger partial charge is 0.454 e. The van der Waals surface area contributed by atoms with Gasteiger partial charge in [-0.1, -0.05) is 11.6 Å². The molecule has 1 saturated heterocycles. The third-order valence-corrected chi connectivity index (χ3v) is 6.77. The van der Waals surface area contributed by atoms with Crippen molar-refractivity contribution < 1.29 is 14.6 Å². The lowest BCUT2D eigenvalue weighted by molar-refractivity contribution is 0.174. The van der Waals surface area contributed by atoms with Gasteiger partial charge in [0.25, 0.3) is 0 Å². The highest BCUT2D eigenvalue weighted by Crippen LogP contribution is 2.37. The fraction of sp³-hybridized carbons (Fsp3) is 0.560. The van der Waals surface area contributed by atoms with Crippen molar-refractivity contribution in [2.45, 2.75) is 51.5 Å². The standard InChI is InChI=1S/C25H33N3O3/c29-16-19-7-4-10-28(15-19)25-21(14-26-9-8-18-5-2-1-3-6-18)11-20-12-23-24(31-17-30-23)13-22(20)27-25/h5,11-13,19,26,29H,1-4,6-10,14-17H2/t19-/m1/s1. The number of aliphatic hydroxyl groups excluding tert-OH is 1. The van der Waals surface area contributed by atoms with Gasteiger partial charge in [-0.2, -0.15) is 0 Å². The first-order valence-electron chi connectivity index (χ1n) is 11.8. The van der Waals surface area contributed by atoms with Crippen molar-refractivity contribution in [2.24, 2.45) is 5.92 Å². The van der Waals surface area contributed by atoms with Gasteiger partial charge in [0.2, 0.25) is 6.79 Å². The predicted molar refractivity (Wildman–Crippen MR) is 123 cm³/mol. The van der Waals surface area contributed by atoms with Crippen LogP contribution in [0.1, 0.15) is 50.5 Å². The molecular formula is C25H33N3O3. The summed E-state index contributed by atoms with van der Waals surface area (Å²) in [4.78, 5) is 7.43. The van der Waals surface area contributed by atoms with Gasteiger partial charge in [-0.05, 0) is 69.5 Å². The average molecular weight is 424 g/mol. The lowest BCUT2D eigenvalue weighted by Gasteiger charge is -2.34. The van der Waals surface area contributed by atoms with Gasteiger partial charge < -0.3 is 24.8 Å². The molecule has 6 heteroatoms. The Labute approximate surface area is 184 Å². The van der Waals surface area contributed by atoms with Gasteiger partial charge in [-0.3, -0.25) is 0 Å². The number of piperidine rings is 1. The maximum absolute atomic E-state index is 9.70. The number of ether oxygens (including phenoxy) is 2. The van der Waals surface area contributed by atoms with E-state index in [-0.39, 0.29) is 13.4 Å². The number of benzene rings is 1. The third kappa shape index (κ3) is 4.65. The summed E-state index contributed by atoms with van der Waals surface area (Å²) in [5.74, 6) is 2.92. The van der Waals surface area contributed by atoms with Crippen molar-refractivity contribution in [1.29, 1.82) is 0 Å². The van der Waals surface area contributed by atoms with Gasteiger partial charge in [0.05, 0.1) is 5.52 Å². The number of anilines is 1. The van der Waals surface area contributed by atoms with E-state index in [0.29, 0.717) is 5.92 Å². The second-order valence-electron chi connectivity index (χ2n) is 9.04. The van der Waals surface area contributed by atoms with Crippen molar-refractivity contribution in [3.63, 3.8) is 0 Å². The number of nitrogens with zero attached hydrogens (tertiary/aromatic N) is 2. The van der Waals surface area contributed by atoms with E-state index >= 15 is 0 Å². The number of nitrogens with one attached hydrogen (secondary N) is 1. The molecule has 0 spiro atoms. The Bertz CT molecular complexity index is 959. The molecule has 5 rings (SSSR count). The smallest absolute Gasteiger partial charge is 0.231 e. The first-order valence-corrected chi connectivity index (χ1v) is 11.8. The van der Waals surface area contributed by atoms with E-state index in [1.54, 1.807) is 5.57 Å². The third-order valence-electron chi connectivity index (χ3n) is 6.77. The molecule has 0 saturated carbocycles. The number of hydrogen-bond donors (Lipinski definition) is 2. The Balaban J connectivity index is 1.38. The highest BCUT2D eigenvalue weighted by Gasteiger charge is 2.24. The fourth-order valence-corrected chi connectivity index (χ4v) is 5.01. The van der Waals surface area contributed by atoms with Crippen LogP contribution >= 0.6 is 0 Å². The molecule has 1 aliphatic carbocycles. The maximum atomic E-state index is 9.70. The zero-order valence-corrected chi connectivity index (χ0v) is 18.2. The second-order valence-corrected chi connectivity index (χ2v) is 9.04. The summed E-state index contributed by atoms with van der Waals surface area (Å²) in [7, 11) is 0. The Morgan fingerprint density at radius 3 is 2.87 bits per heavy atom. The number of aliphatic hydroxyl groups is 1.